The van der Waals surface area contributed by atoms with Gasteiger partial charge < -0.3 is 14.5 Å². The fourth-order valence-electron chi connectivity index (χ4n) is 7.60. The Hall–Kier alpha value is -3.18. The van der Waals surface area contributed by atoms with Crippen LogP contribution in [0.4, 0.5) is 0 Å². The molecule has 5 nitrogen and oxygen atoms in total. The number of carbonyl (C=O) groups is 2. The molecular weight excluding hydrogens is 508 g/mol. The molecule has 3 fully saturated rings. The number of amides is 1. The van der Waals surface area contributed by atoms with Crippen LogP contribution in [0.3, 0.4) is 0 Å². The average Bonchev–Trinajstić information content (AvgIpc) is 3.79. The van der Waals surface area contributed by atoms with Crippen molar-refractivity contribution in [1.82, 2.24) is 9.80 Å². The van der Waals surface area contributed by atoms with E-state index in [4.69, 9.17) is 4.74 Å². The highest BCUT2D eigenvalue weighted by Gasteiger charge is 2.50. The van der Waals surface area contributed by atoms with E-state index in [0.29, 0.717) is 17.6 Å². The van der Waals surface area contributed by atoms with Gasteiger partial charge in [-0.3, -0.25) is 9.59 Å². The average molecular weight is 553 g/mol. The molecule has 0 bridgehead atoms. The van der Waals surface area contributed by atoms with E-state index in [9.17, 15) is 9.59 Å². The second-order valence-electron chi connectivity index (χ2n) is 13.3. The maximum Gasteiger partial charge on any atom is 0.308 e. The maximum absolute atomic E-state index is 14.2. The summed E-state index contributed by atoms with van der Waals surface area (Å²) in [5, 5.41) is 2.26. The van der Waals surface area contributed by atoms with Crippen LogP contribution in [0.15, 0.2) is 66.7 Å². The van der Waals surface area contributed by atoms with Crippen molar-refractivity contribution in [3.8, 4) is 5.75 Å². The molecule has 3 aromatic rings. The van der Waals surface area contributed by atoms with Crippen LogP contribution in [0.2, 0.25) is 0 Å². The van der Waals surface area contributed by atoms with Crippen LogP contribution >= 0.6 is 0 Å². The first-order chi connectivity index (χ1) is 19.8. The minimum Gasteiger partial charge on any atom is -0.427 e. The van der Waals surface area contributed by atoms with Gasteiger partial charge in [0.05, 0.1) is 0 Å². The third-order valence-corrected chi connectivity index (χ3v) is 9.73. The van der Waals surface area contributed by atoms with E-state index in [2.05, 4.69) is 60.0 Å². The number of fused-ring (bicyclic) bond motifs is 2. The third-order valence-electron chi connectivity index (χ3n) is 9.73. The lowest BCUT2D eigenvalue weighted by molar-refractivity contribution is -0.131. The number of esters is 1. The molecule has 41 heavy (non-hydrogen) atoms. The first-order valence-corrected chi connectivity index (χ1v) is 15.6. The number of rotatable bonds is 8. The van der Waals surface area contributed by atoms with Gasteiger partial charge in [-0.2, -0.15) is 0 Å². The zero-order valence-corrected chi connectivity index (χ0v) is 24.9. The molecule has 1 heterocycles. The molecule has 0 N–H and O–H groups in total. The fourth-order valence-corrected chi connectivity index (χ4v) is 7.60. The molecule has 0 spiro atoms. The second-order valence-corrected chi connectivity index (χ2v) is 13.3. The van der Waals surface area contributed by atoms with Crippen LogP contribution in [0.25, 0.3) is 10.8 Å². The highest BCUT2D eigenvalue weighted by atomic mass is 16.5. The second kappa shape index (κ2) is 11.6. The number of hydrogen-bond donors (Lipinski definition) is 0. The van der Waals surface area contributed by atoms with Gasteiger partial charge in [0.25, 0.3) is 5.91 Å². The molecule has 3 aromatic carbocycles. The van der Waals surface area contributed by atoms with Gasteiger partial charge in [0, 0.05) is 43.6 Å². The largest absolute Gasteiger partial charge is 0.427 e. The highest BCUT2D eigenvalue weighted by molar-refractivity contribution is 5.98. The van der Waals surface area contributed by atoms with Crippen LogP contribution in [-0.4, -0.2) is 53.9 Å². The minimum atomic E-state index is -0.291. The standard InChI is InChI=1S/C36H44N2O3/c1-25(2)22-38(35(40)30-14-13-28-7-4-5-8-29(28)19-30)33-16-15-32-24-37(23-27-11-12-27)18-17-36(32,21-33)31-9-6-10-34(20-31)41-26(3)39/h4-10,13-14,19-20,25,27,32-33H,11-12,15-18,21-24H2,1-3H3. The Balaban J connectivity index is 1.33. The van der Waals surface area contributed by atoms with Gasteiger partial charge in [0.15, 0.2) is 0 Å². The van der Waals surface area contributed by atoms with E-state index in [0.717, 1.165) is 67.6 Å². The molecule has 3 aliphatic rings. The number of ether oxygens (including phenoxy) is 1. The van der Waals surface area contributed by atoms with E-state index < -0.39 is 0 Å². The minimum absolute atomic E-state index is 0.0436. The van der Waals surface area contributed by atoms with Gasteiger partial charge >= 0.3 is 5.97 Å². The maximum atomic E-state index is 14.2. The number of carbonyl (C=O) groups excluding carboxylic acids is 2. The van der Waals surface area contributed by atoms with E-state index in [-0.39, 0.29) is 23.3 Å². The number of likely N-dealkylation sites (tertiary alicyclic amines) is 1. The predicted octanol–water partition coefficient (Wildman–Crippen LogP) is 7.09. The van der Waals surface area contributed by atoms with E-state index in [1.807, 2.05) is 30.3 Å². The Kier molecular flexibility index (Phi) is 7.91. The molecule has 1 saturated heterocycles. The van der Waals surface area contributed by atoms with Crippen molar-refractivity contribution < 1.29 is 14.3 Å². The Morgan fingerprint density at radius 1 is 0.976 bits per heavy atom. The summed E-state index contributed by atoms with van der Waals surface area (Å²) in [6, 6.07) is 22.8. The van der Waals surface area contributed by atoms with Gasteiger partial charge in [-0.05, 0) is 103 Å². The number of benzene rings is 3. The third kappa shape index (κ3) is 6.06. The SMILES string of the molecule is CC(=O)Oc1cccc(C23CCN(CC4CC4)CC2CCC(N(CC(C)C)C(=O)c2ccc4ccccc4c2)C3)c1. The van der Waals surface area contributed by atoms with E-state index in [1.54, 1.807) is 0 Å². The zero-order chi connectivity index (χ0) is 28.6. The Labute approximate surface area is 244 Å². The van der Waals surface area contributed by atoms with Crippen molar-refractivity contribution in [2.75, 3.05) is 26.2 Å². The Morgan fingerprint density at radius 3 is 2.54 bits per heavy atom. The van der Waals surface area contributed by atoms with E-state index >= 15 is 0 Å². The molecule has 0 radical (unpaired) electrons. The molecule has 1 aliphatic heterocycles. The van der Waals surface area contributed by atoms with Gasteiger partial charge in [0.2, 0.25) is 0 Å². The quantitative estimate of drug-likeness (QED) is 0.221. The summed E-state index contributed by atoms with van der Waals surface area (Å²) >= 11 is 0. The van der Waals surface area contributed by atoms with Crippen molar-refractivity contribution in [1.29, 1.82) is 0 Å². The molecule has 5 heteroatoms. The molecule has 2 saturated carbocycles. The molecule has 216 valence electrons. The van der Waals surface area contributed by atoms with Crippen molar-refractivity contribution in [2.45, 2.75) is 70.8 Å². The zero-order valence-electron chi connectivity index (χ0n) is 24.9. The summed E-state index contributed by atoms with van der Waals surface area (Å²) in [6.07, 6.45) is 6.90. The lowest BCUT2D eigenvalue weighted by atomic mass is 9.57. The number of hydrogen-bond acceptors (Lipinski definition) is 4. The first kappa shape index (κ1) is 28.0. The normalized spacial score (nSPS) is 24.7. The van der Waals surface area contributed by atoms with Crippen LogP contribution in [0, 0.1) is 17.8 Å². The number of piperidine rings is 1. The summed E-state index contributed by atoms with van der Waals surface area (Å²) in [6.45, 7) is 10.1. The monoisotopic (exact) mass is 552 g/mol. The van der Waals surface area contributed by atoms with Crippen LogP contribution in [0.5, 0.6) is 5.75 Å². The van der Waals surface area contributed by atoms with Crippen molar-refractivity contribution >= 4 is 22.6 Å². The van der Waals surface area contributed by atoms with Gasteiger partial charge in [-0.1, -0.05) is 56.3 Å². The lowest BCUT2D eigenvalue weighted by Crippen LogP contribution is -2.57. The summed E-state index contributed by atoms with van der Waals surface area (Å²) in [7, 11) is 0. The van der Waals surface area contributed by atoms with Crippen LogP contribution in [-0.2, 0) is 10.2 Å². The smallest absolute Gasteiger partial charge is 0.308 e. The Morgan fingerprint density at radius 2 is 1.78 bits per heavy atom. The molecule has 3 atom stereocenters. The summed E-state index contributed by atoms with van der Waals surface area (Å²) in [4.78, 5) is 30.9. The molecule has 0 aromatic heterocycles. The van der Waals surface area contributed by atoms with Crippen LogP contribution in [0.1, 0.15) is 75.2 Å². The molecule has 1 amide bonds. The fraction of sp³-hybridized carbons (Fsp3) is 0.500. The summed E-state index contributed by atoms with van der Waals surface area (Å²) in [5.74, 6) is 2.25. The molecule has 2 aliphatic carbocycles. The lowest BCUT2D eigenvalue weighted by Gasteiger charge is -2.55. The van der Waals surface area contributed by atoms with Gasteiger partial charge in [0.1, 0.15) is 5.75 Å². The molecule has 6 rings (SSSR count). The first-order valence-electron chi connectivity index (χ1n) is 15.6. The van der Waals surface area contributed by atoms with Gasteiger partial charge in [-0.15, -0.1) is 0 Å². The summed E-state index contributed by atoms with van der Waals surface area (Å²) < 4.78 is 5.55. The van der Waals surface area contributed by atoms with Gasteiger partial charge in [-0.25, -0.2) is 0 Å². The van der Waals surface area contributed by atoms with Crippen LogP contribution < -0.4 is 4.74 Å². The van der Waals surface area contributed by atoms with Crippen molar-refractivity contribution in [3.05, 3.63) is 77.9 Å². The Bertz CT molecular complexity index is 1410. The number of nitrogens with zero attached hydrogens (tertiary/aromatic N) is 2. The summed E-state index contributed by atoms with van der Waals surface area (Å²) in [5.41, 5.74) is 1.99. The molecular formula is C36H44N2O3. The van der Waals surface area contributed by atoms with E-state index in [1.165, 1.54) is 31.9 Å². The molecule has 3 unspecified atom stereocenters. The highest BCUT2D eigenvalue weighted by Crippen LogP contribution is 2.51. The predicted molar refractivity (Wildman–Crippen MR) is 164 cm³/mol. The van der Waals surface area contributed by atoms with Crippen molar-refractivity contribution in [3.63, 3.8) is 0 Å². The topological polar surface area (TPSA) is 49.9 Å². The van der Waals surface area contributed by atoms with Crippen molar-refractivity contribution in [2.24, 2.45) is 17.8 Å².